The summed E-state index contributed by atoms with van der Waals surface area (Å²) < 4.78 is 0. The van der Waals surface area contributed by atoms with Crippen molar-refractivity contribution in [1.29, 1.82) is 0 Å². The first-order chi connectivity index (χ1) is 9.77. The molecule has 1 saturated heterocycles. The molecule has 4 heteroatoms. The second-order valence-electron chi connectivity index (χ2n) is 5.44. The molecule has 1 aliphatic heterocycles. The second-order valence-corrected chi connectivity index (χ2v) is 5.44. The number of likely N-dealkylation sites (tertiary alicyclic amines) is 1. The van der Waals surface area contributed by atoms with Crippen LogP contribution in [0.25, 0.3) is 0 Å². The van der Waals surface area contributed by atoms with E-state index in [0.29, 0.717) is 6.54 Å². The normalized spacial score (nSPS) is 18.2. The molecule has 20 heavy (non-hydrogen) atoms. The highest BCUT2D eigenvalue weighted by Gasteiger charge is 2.15. The summed E-state index contributed by atoms with van der Waals surface area (Å²) in [6, 6.07) is 8.94. The molecule has 0 spiro atoms. The molecule has 1 unspecified atom stereocenters. The molecule has 110 valence electrons. The van der Waals surface area contributed by atoms with Gasteiger partial charge in [0.2, 0.25) is 5.91 Å². The molecule has 2 rings (SSSR count). The topological polar surface area (TPSA) is 58.4 Å². The molecule has 1 heterocycles. The van der Waals surface area contributed by atoms with Crippen LogP contribution in [-0.2, 0) is 4.79 Å². The summed E-state index contributed by atoms with van der Waals surface area (Å²) in [4.78, 5) is 14.4. The SMILES string of the molecule is NC(C(=O)NCCN1CCCCCC1)c1ccccc1. The number of nitrogens with one attached hydrogen (secondary N) is 1. The standard InChI is InChI=1S/C16H25N3O/c17-15(14-8-4-3-5-9-14)16(20)18-10-13-19-11-6-1-2-7-12-19/h3-5,8-9,15H,1-2,6-7,10-13,17H2,(H,18,20). The minimum absolute atomic E-state index is 0.0916. The fourth-order valence-corrected chi connectivity index (χ4v) is 2.62. The van der Waals surface area contributed by atoms with Gasteiger partial charge in [-0.15, -0.1) is 0 Å². The third kappa shape index (κ3) is 4.62. The molecule has 0 bridgehead atoms. The predicted molar refractivity (Wildman–Crippen MR) is 81.3 cm³/mol. The van der Waals surface area contributed by atoms with E-state index in [2.05, 4.69) is 10.2 Å². The Morgan fingerprint density at radius 1 is 1.15 bits per heavy atom. The van der Waals surface area contributed by atoms with Gasteiger partial charge >= 0.3 is 0 Å². The van der Waals surface area contributed by atoms with Gasteiger partial charge < -0.3 is 16.0 Å². The molecular weight excluding hydrogens is 250 g/mol. The molecule has 0 aliphatic carbocycles. The average molecular weight is 275 g/mol. The lowest BCUT2D eigenvalue weighted by atomic mass is 10.1. The van der Waals surface area contributed by atoms with Crippen LogP contribution in [0.4, 0.5) is 0 Å². The Labute approximate surface area is 121 Å². The Bertz CT molecular complexity index is 399. The van der Waals surface area contributed by atoms with Gasteiger partial charge in [-0.2, -0.15) is 0 Å². The molecule has 1 fully saturated rings. The van der Waals surface area contributed by atoms with Crippen molar-refractivity contribution in [3.8, 4) is 0 Å². The van der Waals surface area contributed by atoms with Crippen molar-refractivity contribution in [2.75, 3.05) is 26.2 Å². The van der Waals surface area contributed by atoms with Crippen molar-refractivity contribution in [1.82, 2.24) is 10.2 Å². The zero-order chi connectivity index (χ0) is 14.2. The lowest BCUT2D eigenvalue weighted by Gasteiger charge is -2.20. The first kappa shape index (κ1) is 15.0. The highest BCUT2D eigenvalue weighted by atomic mass is 16.2. The molecule has 1 aromatic carbocycles. The van der Waals surface area contributed by atoms with Crippen molar-refractivity contribution in [2.24, 2.45) is 5.73 Å². The summed E-state index contributed by atoms with van der Waals surface area (Å²) >= 11 is 0. The Balaban J connectivity index is 1.72. The molecule has 1 amide bonds. The van der Waals surface area contributed by atoms with E-state index in [-0.39, 0.29) is 5.91 Å². The maximum absolute atomic E-state index is 12.0. The highest BCUT2D eigenvalue weighted by molar-refractivity contribution is 5.82. The van der Waals surface area contributed by atoms with E-state index < -0.39 is 6.04 Å². The molecule has 1 aromatic rings. The lowest BCUT2D eigenvalue weighted by molar-refractivity contribution is -0.122. The smallest absolute Gasteiger partial charge is 0.241 e. The van der Waals surface area contributed by atoms with E-state index in [9.17, 15) is 4.79 Å². The summed E-state index contributed by atoms with van der Waals surface area (Å²) in [5.74, 6) is -0.0916. The zero-order valence-electron chi connectivity index (χ0n) is 12.1. The lowest BCUT2D eigenvalue weighted by Crippen LogP contribution is -2.39. The fourth-order valence-electron chi connectivity index (χ4n) is 2.62. The summed E-state index contributed by atoms with van der Waals surface area (Å²) in [6.45, 7) is 3.91. The van der Waals surface area contributed by atoms with Gasteiger partial charge in [0.05, 0.1) is 0 Å². The van der Waals surface area contributed by atoms with E-state index in [4.69, 9.17) is 5.73 Å². The van der Waals surface area contributed by atoms with E-state index in [1.54, 1.807) is 0 Å². The van der Waals surface area contributed by atoms with Crippen LogP contribution in [0.2, 0.25) is 0 Å². The maximum Gasteiger partial charge on any atom is 0.241 e. The zero-order valence-corrected chi connectivity index (χ0v) is 12.1. The van der Waals surface area contributed by atoms with Gasteiger partial charge in [-0.25, -0.2) is 0 Å². The number of amides is 1. The summed E-state index contributed by atoms with van der Waals surface area (Å²) in [6.07, 6.45) is 5.22. The molecular formula is C16H25N3O. The van der Waals surface area contributed by atoms with Gasteiger partial charge in [0.15, 0.2) is 0 Å². The second kappa shape index (κ2) is 8.02. The van der Waals surface area contributed by atoms with Crippen molar-refractivity contribution in [3.63, 3.8) is 0 Å². The van der Waals surface area contributed by atoms with Crippen LogP contribution in [0, 0.1) is 0 Å². The van der Waals surface area contributed by atoms with Gasteiger partial charge in [0.1, 0.15) is 6.04 Å². The number of nitrogens with two attached hydrogens (primary N) is 1. The van der Waals surface area contributed by atoms with Gasteiger partial charge in [0.25, 0.3) is 0 Å². The number of nitrogens with zero attached hydrogens (tertiary/aromatic N) is 1. The Morgan fingerprint density at radius 2 is 1.80 bits per heavy atom. The molecule has 0 aromatic heterocycles. The molecule has 1 atom stereocenters. The maximum atomic E-state index is 12.0. The van der Waals surface area contributed by atoms with Gasteiger partial charge in [-0.05, 0) is 31.5 Å². The molecule has 0 radical (unpaired) electrons. The van der Waals surface area contributed by atoms with Crippen LogP contribution in [0.3, 0.4) is 0 Å². The number of benzene rings is 1. The van der Waals surface area contributed by atoms with E-state index >= 15 is 0 Å². The van der Waals surface area contributed by atoms with Crippen molar-refractivity contribution in [3.05, 3.63) is 35.9 Å². The molecule has 0 saturated carbocycles. The van der Waals surface area contributed by atoms with E-state index in [1.807, 2.05) is 30.3 Å². The first-order valence-electron chi connectivity index (χ1n) is 7.58. The molecule has 4 nitrogen and oxygen atoms in total. The van der Waals surface area contributed by atoms with Gasteiger partial charge in [-0.1, -0.05) is 43.2 Å². The van der Waals surface area contributed by atoms with Crippen molar-refractivity contribution >= 4 is 5.91 Å². The van der Waals surface area contributed by atoms with E-state index in [1.165, 1.54) is 25.7 Å². The van der Waals surface area contributed by atoms with E-state index in [0.717, 1.165) is 25.2 Å². The van der Waals surface area contributed by atoms with Gasteiger partial charge in [-0.3, -0.25) is 4.79 Å². The van der Waals surface area contributed by atoms with Gasteiger partial charge in [0, 0.05) is 13.1 Å². The number of hydrogen-bond donors (Lipinski definition) is 2. The van der Waals surface area contributed by atoms with Crippen LogP contribution < -0.4 is 11.1 Å². The average Bonchev–Trinajstić information content (AvgIpc) is 2.76. The summed E-state index contributed by atoms with van der Waals surface area (Å²) in [5, 5.41) is 2.94. The molecule has 3 N–H and O–H groups in total. The summed E-state index contributed by atoms with van der Waals surface area (Å²) in [7, 11) is 0. The number of carbonyl (C=O) groups excluding carboxylic acids is 1. The third-order valence-corrected chi connectivity index (χ3v) is 3.87. The highest BCUT2D eigenvalue weighted by Crippen LogP contribution is 2.10. The fraction of sp³-hybridized carbons (Fsp3) is 0.562. The predicted octanol–water partition coefficient (Wildman–Crippen LogP) is 1.68. The largest absolute Gasteiger partial charge is 0.353 e. The third-order valence-electron chi connectivity index (χ3n) is 3.87. The van der Waals surface area contributed by atoms with Crippen LogP contribution in [0.1, 0.15) is 37.3 Å². The first-order valence-corrected chi connectivity index (χ1v) is 7.58. The summed E-state index contributed by atoms with van der Waals surface area (Å²) in [5.41, 5.74) is 6.82. The van der Waals surface area contributed by atoms with Crippen LogP contribution in [0.15, 0.2) is 30.3 Å². The number of hydrogen-bond acceptors (Lipinski definition) is 3. The van der Waals surface area contributed by atoms with Crippen LogP contribution in [-0.4, -0.2) is 37.0 Å². The minimum Gasteiger partial charge on any atom is -0.353 e. The van der Waals surface area contributed by atoms with Crippen molar-refractivity contribution < 1.29 is 4.79 Å². The Hall–Kier alpha value is -1.39. The van der Waals surface area contributed by atoms with Crippen LogP contribution in [0.5, 0.6) is 0 Å². The number of carbonyl (C=O) groups is 1. The molecule has 1 aliphatic rings. The van der Waals surface area contributed by atoms with Crippen LogP contribution >= 0.6 is 0 Å². The quantitative estimate of drug-likeness (QED) is 0.859. The number of rotatable bonds is 5. The Kier molecular flexibility index (Phi) is 6.02. The Morgan fingerprint density at radius 3 is 2.45 bits per heavy atom. The monoisotopic (exact) mass is 275 g/mol. The van der Waals surface area contributed by atoms with Crippen molar-refractivity contribution in [2.45, 2.75) is 31.7 Å². The minimum atomic E-state index is -0.569.